The molecule has 0 aliphatic rings. The zero-order valence-electron chi connectivity index (χ0n) is 7.98. The number of allylic oxidation sites excluding steroid dienone is 1. The molecule has 1 atom stereocenters. The van der Waals surface area contributed by atoms with Gasteiger partial charge in [0.25, 0.3) is 0 Å². The molecule has 1 heteroatoms. The molecule has 0 spiro atoms. The van der Waals surface area contributed by atoms with Crippen LogP contribution in [0.15, 0.2) is 42.5 Å². The minimum absolute atomic E-state index is 0.234. The van der Waals surface area contributed by atoms with Crippen molar-refractivity contribution in [2.24, 2.45) is 0 Å². The fourth-order valence-electron chi connectivity index (χ4n) is 1.24. The molecular weight excluding hydrogens is 160 g/mol. The maximum Gasteiger partial charge on any atom is 0.0465 e. The third-order valence-electron chi connectivity index (χ3n) is 2.05. The Kier molecular flexibility index (Phi) is 4.27. The van der Waals surface area contributed by atoms with E-state index in [1.54, 1.807) is 0 Å². The van der Waals surface area contributed by atoms with E-state index in [2.05, 4.69) is 25.1 Å². The van der Waals surface area contributed by atoms with Gasteiger partial charge in [0.1, 0.15) is 0 Å². The molecule has 0 amide bonds. The van der Waals surface area contributed by atoms with Crippen LogP contribution in [-0.2, 0) is 0 Å². The van der Waals surface area contributed by atoms with E-state index in [-0.39, 0.29) is 6.61 Å². The molecule has 0 aliphatic heterocycles. The van der Waals surface area contributed by atoms with Gasteiger partial charge in [-0.1, -0.05) is 49.4 Å². The highest BCUT2D eigenvalue weighted by molar-refractivity contribution is 5.22. The third kappa shape index (κ3) is 3.43. The van der Waals surface area contributed by atoms with Crippen LogP contribution in [0.4, 0.5) is 0 Å². The molecule has 0 saturated heterocycles. The SMILES string of the molecule is CC(C=CCCO)c1ccccc1. The number of rotatable bonds is 4. The average molecular weight is 176 g/mol. The quantitative estimate of drug-likeness (QED) is 0.699. The Balaban J connectivity index is 2.53. The molecule has 1 aromatic carbocycles. The lowest BCUT2D eigenvalue weighted by Gasteiger charge is -2.05. The first-order valence-electron chi connectivity index (χ1n) is 4.67. The minimum Gasteiger partial charge on any atom is -0.396 e. The maximum absolute atomic E-state index is 8.60. The van der Waals surface area contributed by atoms with Gasteiger partial charge in [-0.25, -0.2) is 0 Å². The summed E-state index contributed by atoms with van der Waals surface area (Å²) in [6.45, 7) is 2.39. The summed E-state index contributed by atoms with van der Waals surface area (Å²) in [4.78, 5) is 0. The normalized spacial score (nSPS) is 13.4. The van der Waals surface area contributed by atoms with E-state index < -0.39 is 0 Å². The van der Waals surface area contributed by atoms with Crippen molar-refractivity contribution in [3.05, 3.63) is 48.0 Å². The van der Waals surface area contributed by atoms with E-state index in [1.165, 1.54) is 5.56 Å². The molecule has 0 heterocycles. The molecule has 1 N–H and O–H groups in total. The number of aliphatic hydroxyl groups is 1. The highest BCUT2D eigenvalue weighted by Crippen LogP contribution is 2.15. The fourth-order valence-corrected chi connectivity index (χ4v) is 1.24. The maximum atomic E-state index is 8.60. The molecule has 1 aromatic rings. The second-order valence-electron chi connectivity index (χ2n) is 3.14. The smallest absolute Gasteiger partial charge is 0.0465 e. The lowest BCUT2D eigenvalue weighted by Crippen LogP contribution is -1.88. The van der Waals surface area contributed by atoms with E-state index in [0.717, 1.165) is 6.42 Å². The second kappa shape index (κ2) is 5.55. The highest BCUT2D eigenvalue weighted by Gasteiger charge is 1.97. The first kappa shape index (κ1) is 10.0. The molecule has 0 radical (unpaired) electrons. The summed E-state index contributed by atoms with van der Waals surface area (Å²) < 4.78 is 0. The van der Waals surface area contributed by atoms with Gasteiger partial charge in [0.05, 0.1) is 0 Å². The Hall–Kier alpha value is -1.08. The molecule has 1 unspecified atom stereocenters. The Bertz CT molecular complexity index is 251. The van der Waals surface area contributed by atoms with Crippen molar-refractivity contribution in [1.82, 2.24) is 0 Å². The number of hydrogen-bond donors (Lipinski definition) is 1. The van der Waals surface area contributed by atoms with Gasteiger partial charge in [-0.2, -0.15) is 0 Å². The van der Waals surface area contributed by atoms with Gasteiger partial charge >= 0.3 is 0 Å². The first-order chi connectivity index (χ1) is 6.34. The van der Waals surface area contributed by atoms with Gasteiger partial charge in [-0.3, -0.25) is 0 Å². The standard InChI is InChI=1S/C12H16O/c1-11(7-5-6-10-13)12-8-3-2-4-9-12/h2-5,7-9,11,13H,6,10H2,1H3. The van der Waals surface area contributed by atoms with Crippen molar-refractivity contribution in [3.63, 3.8) is 0 Å². The van der Waals surface area contributed by atoms with Gasteiger partial charge < -0.3 is 5.11 Å². The number of hydrogen-bond acceptors (Lipinski definition) is 1. The number of aliphatic hydroxyl groups excluding tert-OH is 1. The van der Waals surface area contributed by atoms with Crippen LogP contribution in [0.2, 0.25) is 0 Å². The molecule has 13 heavy (non-hydrogen) atoms. The molecule has 0 aromatic heterocycles. The van der Waals surface area contributed by atoms with E-state index >= 15 is 0 Å². The van der Waals surface area contributed by atoms with Gasteiger partial charge in [0.2, 0.25) is 0 Å². The van der Waals surface area contributed by atoms with Crippen molar-refractivity contribution in [3.8, 4) is 0 Å². The van der Waals surface area contributed by atoms with E-state index in [1.807, 2.05) is 24.3 Å². The summed E-state index contributed by atoms with van der Waals surface area (Å²) in [5.41, 5.74) is 1.32. The molecule has 0 fully saturated rings. The topological polar surface area (TPSA) is 20.2 Å². The third-order valence-corrected chi connectivity index (χ3v) is 2.05. The summed E-state index contributed by atoms with van der Waals surface area (Å²) >= 11 is 0. The molecule has 0 saturated carbocycles. The Morgan fingerprint density at radius 3 is 2.62 bits per heavy atom. The van der Waals surface area contributed by atoms with Crippen LogP contribution in [0.3, 0.4) is 0 Å². The second-order valence-corrected chi connectivity index (χ2v) is 3.14. The van der Waals surface area contributed by atoms with Crippen LogP contribution in [0.25, 0.3) is 0 Å². The molecule has 0 bridgehead atoms. The fraction of sp³-hybridized carbons (Fsp3) is 0.333. The van der Waals surface area contributed by atoms with Crippen LogP contribution in [-0.4, -0.2) is 11.7 Å². The monoisotopic (exact) mass is 176 g/mol. The summed E-state index contributed by atoms with van der Waals surface area (Å²) in [5, 5.41) is 8.60. The molecular formula is C12H16O. The highest BCUT2D eigenvalue weighted by atomic mass is 16.2. The Labute approximate surface area is 79.7 Å². The number of benzene rings is 1. The molecule has 0 aliphatic carbocycles. The van der Waals surface area contributed by atoms with Crippen molar-refractivity contribution < 1.29 is 5.11 Å². The van der Waals surface area contributed by atoms with Crippen molar-refractivity contribution >= 4 is 0 Å². The van der Waals surface area contributed by atoms with Crippen LogP contribution in [0, 0.1) is 0 Å². The van der Waals surface area contributed by atoms with Crippen LogP contribution < -0.4 is 0 Å². The lowest BCUT2D eigenvalue weighted by molar-refractivity contribution is 0.302. The Morgan fingerprint density at radius 1 is 1.31 bits per heavy atom. The predicted octanol–water partition coefficient (Wildman–Crippen LogP) is 2.73. The first-order valence-corrected chi connectivity index (χ1v) is 4.67. The van der Waals surface area contributed by atoms with Crippen LogP contribution in [0.1, 0.15) is 24.8 Å². The zero-order chi connectivity index (χ0) is 9.52. The van der Waals surface area contributed by atoms with Gasteiger partial charge in [0.15, 0.2) is 0 Å². The predicted molar refractivity (Wildman–Crippen MR) is 55.7 cm³/mol. The van der Waals surface area contributed by atoms with E-state index in [9.17, 15) is 0 Å². The summed E-state index contributed by atoms with van der Waals surface area (Å²) in [6, 6.07) is 10.4. The van der Waals surface area contributed by atoms with E-state index in [4.69, 9.17) is 5.11 Å². The van der Waals surface area contributed by atoms with Crippen molar-refractivity contribution in [2.75, 3.05) is 6.61 Å². The summed E-state index contributed by atoms with van der Waals surface area (Å²) in [7, 11) is 0. The summed E-state index contributed by atoms with van der Waals surface area (Å²) in [5.74, 6) is 0.438. The van der Waals surface area contributed by atoms with Crippen LogP contribution in [0.5, 0.6) is 0 Å². The van der Waals surface area contributed by atoms with Gasteiger partial charge in [-0.05, 0) is 17.9 Å². The average Bonchev–Trinajstić information content (AvgIpc) is 2.19. The van der Waals surface area contributed by atoms with Crippen molar-refractivity contribution in [1.29, 1.82) is 0 Å². The van der Waals surface area contributed by atoms with Crippen LogP contribution >= 0.6 is 0 Å². The Morgan fingerprint density at radius 2 is 2.00 bits per heavy atom. The molecule has 70 valence electrons. The largest absolute Gasteiger partial charge is 0.396 e. The molecule has 1 nitrogen and oxygen atoms in total. The summed E-state index contributed by atoms with van der Waals surface area (Å²) in [6.07, 6.45) is 4.90. The molecule has 1 rings (SSSR count). The van der Waals surface area contributed by atoms with Crippen molar-refractivity contribution in [2.45, 2.75) is 19.3 Å². The lowest BCUT2D eigenvalue weighted by atomic mass is 10.0. The minimum atomic E-state index is 0.234. The van der Waals surface area contributed by atoms with E-state index in [0.29, 0.717) is 5.92 Å². The van der Waals surface area contributed by atoms with Gasteiger partial charge in [-0.15, -0.1) is 0 Å². The van der Waals surface area contributed by atoms with Gasteiger partial charge in [0, 0.05) is 6.61 Å². The zero-order valence-corrected chi connectivity index (χ0v) is 7.98.